The molecule has 0 aliphatic carbocycles. The van der Waals surface area contributed by atoms with Crippen molar-refractivity contribution in [2.45, 2.75) is 26.9 Å². The van der Waals surface area contributed by atoms with Gasteiger partial charge in [0.25, 0.3) is 0 Å². The summed E-state index contributed by atoms with van der Waals surface area (Å²) in [6.45, 7) is 6.23. The third-order valence-corrected chi connectivity index (χ3v) is 2.80. The Labute approximate surface area is 118 Å². The second kappa shape index (κ2) is 6.98. The number of nitrogen functional groups attached to an aromatic ring is 1. The van der Waals surface area contributed by atoms with E-state index in [1.54, 1.807) is 11.9 Å². The first-order chi connectivity index (χ1) is 9.35. The molecule has 1 amide bonds. The van der Waals surface area contributed by atoms with Crippen molar-refractivity contribution in [3.8, 4) is 5.75 Å². The Hall–Kier alpha value is -1.98. The zero-order chi connectivity index (χ0) is 15.3. The van der Waals surface area contributed by atoms with Crippen molar-refractivity contribution in [2.24, 2.45) is 0 Å². The standard InChI is InChI=1S/C14H22FN3O2/c1-5-18(4)14(19)8-17-12-7-13(20-9(2)3)10(15)6-11(12)16/h6-7,9,17H,5,8,16H2,1-4H3. The molecule has 112 valence electrons. The molecule has 5 nitrogen and oxygen atoms in total. The average Bonchev–Trinajstić information content (AvgIpc) is 2.38. The summed E-state index contributed by atoms with van der Waals surface area (Å²) in [4.78, 5) is 13.3. The highest BCUT2D eigenvalue weighted by Crippen LogP contribution is 2.28. The van der Waals surface area contributed by atoms with Crippen LogP contribution in [0.3, 0.4) is 0 Å². The Morgan fingerprint density at radius 2 is 2.15 bits per heavy atom. The van der Waals surface area contributed by atoms with Gasteiger partial charge in [-0.1, -0.05) is 0 Å². The Balaban J connectivity index is 2.82. The number of halogens is 1. The molecule has 6 heteroatoms. The van der Waals surface area contributed by atoms with Crippen LogP contribution < -0.4 is 15.8 Å². The average molecular weight is 283 g/mol. The van der Waals surface area contributed by atoms with E-state index in [0.717, 1.165) is 0 Å². The molecule has 1 aromatic carbocycles. The lowest BCUT2D eigenvalue weighted by Crippen LogP contribution is -2.32. The minimum absolute atomic E-state index is 0.0671. The summed E-state index contributed by atoms with van der Waals surface area (Å²) in [6, 6.07) is 2.66. The van der Waals surface area contributed by atoms with Crippen molar-refractivity contribution in [1.82, 2.24) is 4.90 Å². The first kappa shape index (κ1) is 16.1. The molecule has 0 bridgehead atoms. The van der Waals surface area contributed by atoms with Crippen molar-refractivity contribution < 1.29 is 13.9 Å². The fourth-order valence-corrected chi connectivity index (χ4v) is 1.55. The number of rotatable bonds is 6. The van der Waals surface area contributed by atoms with E-state index >= 15 is 0 Å². The summed E-state index contributed by atoms with van der Waals surface area (Å²) in [7, 11) is 1.71. The van der Waals surface area contributed by atoms with Gasteiger partial charge >= 0.3 is 0 Å². The van der Waals surface area contributed by atoms with Gasteiger partial charge in [0.15, 0.2) is 11.6 Å². The summed E-state index contributed by atoms with van der Waals surface area (Å²) < 4.78 is 19.0. The Bertz CT molecular complexity index is 478. The van der Waals surface area contributed by atoms with E-state index < -0.39 is 5.82 Å². The smallest absolute Gasteiger partial charge is 0.241 e. The number of nitrogens with two attached hydrogens (primary N) is 1. The van der Waals surface area contributed by atoms with Crippen molar-refractivity contribution in [3.05, 3.63) is 17.9 Å². The van der Waals surface area contributed by atoms with Gasteiger partial charge in [-0.15, -0.1) is 0 Å². The molecule has 0 unspecified atom stereocenters. The number of anilines is 2. The number of hydrogen-bond donors (Lipinski definition) is 2. The van der Waals surface area contributed by atoms with E-state index in [1.165, 1.54) is 12.1 Å². The molecule has 0 saturated heterocycles. The number of benzene rings is 1. The van der Waals surface area contributed by atoms with Crippen LogP contribution in [-0.4, -0.2) is 37.0 Å². The highest BCUT2D eigenvalue weighted by atomic mass is 19.1. The molecule has 0 heterocycles. The summed E-state index contributed by atoms with van der Waals surface area (Å²) >= 11 is 0. The van der Waals surface area contributed by atoms with E-state index in [9.17, 15) is 9.18 Å². The van der Waals surface area contributed by atoms with Crippen molar-refractivity contribution >= 4 is 17.3 Å². The molecular formula is C14H22FN3O2. The van der Waals surface area contributed by atoms with E-state index in [4.69, 9.17) is 10.5 Å². The first-order valence-corrected chi connectivity index (χ1v) is 6.58. The van der Waals surface area contributed by atoms with Crippen LogP contribution in [0.1, 0.15) is 20.8 Å². The monoisotopic (exact) mass is 283 g/mol. The Morgan fingerprint density at radius 3 is 2.70 bits per heavy atom. The molecule has 1 aromatic rings. The molecule has 0 atom stereocenters. The molecule has 0 aliphatic heterocycles. The molecule has 20 heavy (non-hydrogen) atoms. The largest absolute Gasteiger partial charge is 0.488 e. The van der Waals surface area contributed by atoms with Crippen LogP contribution in [0.5, 0.6) is 5.75 Å². The van der Waals surface area contributed by atoms with Crippen LogP contribution in [0.2, 0.25) is 0 Å². The molecule has 0 aromatic heterocycles. The van der Waals surface area contributed by atoms with Crippen molar-refractivity contribution in [1.29, 1.82) is 0 Å². The summed E-state index contributed by atoms with van der Waals surface area (Å²) in [6.07, 6.45) is -0.145. The highest BCUT2D eigenvalue weighted by Gasteiger charge is 2.12. The van der Waals surface area contributed by atoms with E-state index in [1.807, 2.05) is 20.8 Å². The van der Waals surface area contributed by atoms with Gasteiger partial charge in [-0.3, -0.25) is 4.79 Å². The molecule has 0 radical (unpaired) electrons. The maximum atomic E-state index is 13.7. The predicted octanol–water partition coefficient (Wildman–Crippen LogP) is 2.09. The molecule has 0 aliphatic rings. The van der Waals surface area contributed by atoms with Crippen LogP contribution in [0.15, 0.2) is 12.1 Å². The van der Waals surface area contributed by atoms with Gasteiger partial charge in [0.05, 0.1) is 24.0 Å². The number of carbonyl (C=O) groups excluding carboxylic acids is 1. The third kappa shape index (κ3) is 4.29. The number of likely N-dealkylation sites (N-methyl/N-ethyl adjacent to an activating group) is 1. The van der Waals surface area contributed by atoms with Gasteiger partial charge in [-0.05, 0) is 20.8 Å². The minimum atomic E-state index is -0.515. The molecule has 3 N–H and O–H groups in total. The van der Waals surface area contributed by atoms with Gasteiger partial charge in [0, 0.05) is 25.7 Å². The molecule has 1 rings (SSSR count). The van der Waals surface area contributed by atoms with Crippen LogP contribution in [0.25, 0.3) is 0 Å². The maximum Gasteiger partial charge on any atom is 0.241 e. The number of nitrogens with zero attached hydrogens (tertiary/aromatic N) is 1. The van der Waals surface area contributed by atoms with E-state index in [0.29, 0.717) is 12.2 Å². The van der Waals surface area contributed by atoms with E-state index in [-0.39, 0.29) is 30.0 Å². The van der Waals surface area contributed by atoms with Crippen LogP contribution in [-0.2, 0) is 4.79 Å². The maximum absolute atomic E-state index is 13.7. The lowest BCUT2D eigenvalue weighted by Gasteiger charge is -2.17. The molecule has 0 saturated carbocycles. The SMILES string of the molecule is CCN(C)C(=O)CNc1cc(OC(C)C)c(F)cc1N. The number of carbonyl (C=O) groups is 1. The second-order valence-electron chi connectivity index (χ2n) is 4.80. The van der Waals surface area contributed by atoms with Crippen molar-refractivity contribution in [3.63, 3.8) is 0 Å². The minimum Gasteiger partial charge on any atom is -0.488 e. The van der Waals surface area contributed by atoms with Gasteiger partial charge in [0.1, 0.15) is 0 Å². The molecule has 0 fully saturated rings. The number of hydrogen-bond acceptors (Lipinski definition) is 4. The summed E-state index contributed by atoms with van der Waals surface area (Å²) in [5.41, 5.74) is 6.46. The van der Waals surface area contributed by atoms with Crippen LogP contribution in [0, 0.1) is 5.82 Å². The van der Waals surface area contributed by atoms with Gasteiger partial charge in [-0.25, -0.2) is 4.39 Å². The summed E-state index contributed by atoms with van der Waals surface area (Å²) in [5, 5.41) is 2.91. The molecular weight excluding hydrogens is 261 g/mol. The van der Waals surface area contributed by atoms with Gasteiger partial charge in [0.2, 0.25) is 5.91 Å². The Kier molecular flexibility index (Phi) is 5.61. The Morgan fingerprint density at radius 1 is 1.50 bits per heavy atom. The lowest BCUT2D eigenvalue weighted by molar-refractivity contribution is -0.127. The van der Waals surface area contributed by atoms with E-state index in [2.05, 4.69) is 5.32 Å². The number of nitrogens with one attached hydrogen (secondary N) is 1. The number of ether oxygens (including phenoxy) is 1. The van der Waals surface area contributed by atoms with Gasteiger partial charge < -0.3 is 20.7 Å². The zero-order valence-corrected chi connectivity index (χ0v) is 12.4. The fourth-order valence-electron chi connectivity index (χ4n) is 1.55. The third-order valence-electron chi connectivity index (χ3n) is 2.80. The van der Waals surface area contributed by atoms with Gasteiger partial charge in [-0.2, -0.15) is 0 Å². The lowest BCUT2D eigenvalue weighted by atomic mass is 10.2. The van der Waals surface area contributed by atoms with Crippen molar-refractivity contribution in [2.75, 3.05) is 31.2 Å². The fraction of sp³-hybridized carbons (Fsp3) is 0.500. The second-order valence-corrected chi connectivity index (χ2v) is 4.80. The molecule has 0 spiro atoms. The normalized spacial score (nSPS) is 10.5. The van der Waals surface area contributed by atoms with Crippen LogP contribution >= 0.6 is 0 Å². The highest BCUT2D eigenvalue weighted by molar-refractivity contribution is 5.82. The zero-order valence-electron chi connectivity index (χ0n) is 12.4. The topological polar surface area (TPSA) is 67.6 Å². The predicted molar refractivity (Wildman–Crippen MR) is 78.4 cm³/mol. The quantitative estimate of drug-likeness (QED) is 0.784. The summed E-state index contributed by atoms with van der Waals surface area (Å²) in [5.74, 6) is -0.464. The first-order valence-electron chi connectivity index (χ1n) is 6.58. The van der Waals surface area contributed by atoms with Crippen LogP contribution in [0.4, 0.5) is 15.8 Å². The number of amides is 1.